The summed E-state index contributed by atoms with van der Waals surface area (Å²) in [6.45, 7) is 2.65. The summed E-state index contributed by atoms with van der Waals surface area (Å²) in [5, 5.41) is 21.1. The zero-order valence-electron chi connectivity index (χ0n) is 19.7. The number of hydrogen-bond acceptors (Lipinski definition) is 6. The van der Waals surface area contributed by atoms with Gasteiger partial charge in [0.1, 0.15) is 12.4 Å². The van der Waals surface area contributed by atoms with Gasteiger partial charge in [-0.1, -0.05) is 47.5 Å². The molecule has 0 aliphatic carbocycles. The third-order valence-corrected chi connectivity index (χ3v) is 6.87. The number of carbonyl (C=O) groups is 1. The first-order valence-electron chi connectivity index (χ1n) is 11.7. The maximum absolute atomic E-state index is 11.3. The number of rotatable bonds is 9. The summed E-state index contributed by atoms with van der Waals surface area (Å²) >= 11 is 12.8. The summed E-state index contributed by atoms with van der Waals surface area (Å²) in [5.74, 6) is 0.106. The Balaban J connectivity index is 1.54. The highest BCUT2D eigenvalue weighted by Gasteiger charge is 2.31. The SMILES string of the molecule is NC(=O)c1ccc([C@H](O)CN2CCN(c3ccc(OCCO)cc3Cl)[C@H](c3ccc(Cl)cc3)C2)cc1. The van der Waals surface area contributed by atoms with Crippen LogP contribution >= 0.6 is 23.2 Å². The van der Waals surface area contributed by atoms with Crippen molar-refractivity contribution >= 4 is 34.8 Å². The predicted molar refractivity (Wildman–Crippen MR) is 142 cm³/mol. The number of hydrogen-bond donors (Lipinski definition) is 3. The molecule has 1 aliphatic heterocycles. The summed E-state index contributed by atoms with van der Waals surface area (Å²) in [4.78, 5) is 15.8. The van der Waals surface area contributed by atoms with Crippen molar-refractivity contribution in [3.8, 4) is 5.75 Å². The van der Waals surface area contributed by atoms with Crippen LogP contribution in [0.1, 0.15) is 33.6 Å². The van der Waals surface area contributed by atoms with Gasteiger partial charge in [-0.05, 0) is 47.5 Å². The van der Waals surface area contributed by atoms with E-state index >= 15 is 0 Å². The molecule has 1 saturated heterocycles. The molecule has 4 rings (SSSR count). The molecular weight excluding hydrogens is 501 g/mol. The Morgan fingerprint density at radius 1 is 1.06 bits per heavy atom. The zero-order chi connectivity index (χ0) is 25.7. The summed E-state index contributed by atoms with van der Waals surface area (Å²) in [6, 6.07) is 20.0. The Kier molecular flexibility index (Phi) is 8.72. The van der Waals surface area contributed by atoms with E-state index in [-0.39, 0.29) is 19.3 Å². The minimum absolute atomic E-state index is 0.0258. The molecule has 0 unspecified atom stereocenters. The lowest BCUT2D eigenvalue weighted by molar-refractivity contribution is 0.0989. The number of aliphatic hydroxyl groups is 2. The smallest absolute Gasteiger partial charge is 0.248 e. The number of anilines is 1. The van der Waals surface area contributed by atoms with Crippen LogP contribution in [0.5, 0.6) is 5.75 Å². The Bertz CT molecular complexity index is 1170. The fourth-order valence-corrected chi connectivity index (χ4v) is 4.86. The van der Waals surface area contributed by atoms with Crippen molar-refractivity contribution in [1.29, 1.82) is 0 Å². The second-order valence-electron chi connectivity index (χ2n) is 8.71. The third-order valence-electron chi connectivity index (χ3n) is 6.32. The maximum Gasteiger partial charge on any atom is 0.248 e. The van der Waals surface area contributed by atoms with Gasteiger partial charge in [0.05, 0.1) is 29.5 Å². The number of β-amino-alcohol motifs (C(OH)–C–C–N with tert-alkyl or cyclic N) is 1. The molecule has 7 nitrogen and oxygen atoms in total. The van der Waals surface area contributed by atoms with Crippen molar-refractivity contribution in [1.82, 2.24) is 4.90 Å². The van der Waals surface area contributed by atoms with Crippen LogP contribution < -0.4 is 15.4 Å². The van der Waals surface area contributed by atoms with E-state index in [1.54, 1.807) is 30.3 Å². The van der Waals surface area contributed by atoms with Gasteiger partial charge in [-0.25, -0.2) is 0 Å². The van der Waals surface area contributed by atoms with Crippen LogP contribution in [0, 0.1) is 0 Å². The topological polar surface area (TPSA) is 99.3 Å². The average molecular weight is 530 g/mol. The lowest BCUT2D eigenvalue weighted by Gasteiger charge is -2.44. The van der Waals surface area contributed by atoms with Crippen LogP contribution in [-0.2, 0) is 0 Å². The van der Waals surface area contributed by atoms with Crippen LogP contribution in [0.25, 0.3) is 0 Å². The van der Waals surface area contributed by atoms with Gasteiger partial charge in [0.25, 0.3) is 0 Å². The van der Waals surface area contributed by atoms with Gasteiger partial charge in [0.2, 0.25) is 5.91 Å². The Hall–Kier alpha value is -2.81. The van der Waals surface area contributed by atoms with Crippen molar-refractivity contribution in [2.24, 2.45) is 5.73 Å². The highest BCUT2D eigenvalue weighted by molar-refractivity contribution is 6.33. The molecule has 1 fully saturated rings. The molecule has 0 saturated carbocycles. The fraction of sp³-hybridized carbons (Fsp3) is 0.296. The van der Waals surface area contributed by atoms with E-state index in [4.69, 9.17) is 38.8 Å². The van der Waals surface area contributed by atoms with E-state index < -0.39 is 12.0 Å². The molecule has 190 valence electrons. The molecule has 36 heavy (non-hydrogen) atoms. The van der Waals surface area contributed by atoms with Crippen molar-refractivity contribution < 1.29 is 19.7 Å². The molecule has 0 radical (unpaired) electrons. The van der Waals surface area contributed by atoms with Gasteiger partial charge in [-0.3, -0.25) is 9.69 Å². The van der Waals surface area contributed by atoms with Crippen molar-refractivity contribution in [3.05, 3.63) is 93.5 Å². The third kappa shape index (κ3) is 6.30. The first-order valence-corrected chi connectivity index (χ1v) is 12.5. The maximum atomic E-state index is 11.3. The lowest BCUT2D eigenvalue weighted by atomic mass is 10.00. The summed E-state index contributed by atoms with van der Waals surface area (Å²) < 4.78 is 5.50. The molecule has 4 N–H and O–H groups in total. The molecule has 9 heteroatoms. The highest BCUT2D eigenvalue weighted by Crippen LogP contribution is 2.37. The quantitative estimate of drug-likeness (QED) is 0.386. The van der Waals surface area contributed by atoms with Crippen molar-refractivity contribution in [3.63, 3.8) is 0 Å². The standard InChI is InChI=1S/C27H29Cl2N3O4/c28-21-7-5-18(6-8-21)25-16-31(17-26(34)19-1-3-20(4-2-19)27(30)35)11-12-32(25)24-10-9-22(15-23(24)29)36-14-13-33/h1-10,15,25-26,33-34H,11-14,16-17H2,(H2,30,35)/t25-,26+/m0/s1. The lowest BCUT2D eigenvalue weighted by Crippen LogP contribution is -2.49. The largest absolute Gasteiger partial charge is 0.491 e. The summed E-state index contributed by atoms with van der Waals surface area (Å²) in [5.41, 5.74) is 8.43. The Morgan fingerprint density at radius 3 is 2.42 bits per heavy atom. The number of halogens is 2. The number of aliphatic hydroxyl groups excluding tert-OH is 2. The van der Waals surface area contributed by atoms with Crippen LogP contribution in [0.3, 0.4) is 0 Å². The number of benzene rings is 3. The van der Waals surface area contributed by atoms with E-state index in [0.29, 0.717) is 41.0 Å². The molecular formula is C27H29Cl2N3O4. The second kappa shape index (κ2) is 12.0. The number of nitrogens with zero attached hydrogens (tertiary/aromatic N) is 2. The normalized spacial score (nSPS) is 17.1. The minimum Gasteiger partial charge on any atom is -0.491 e. The number of piperazine rings is 1. The molecule has 0 spiro atoms. The molecule has 3 aromatic rings. The number of amides is 1. The monoisotopic (exact) mass is 529 g/mol. The van der Waals surface area contributed by atoms with Crippen molar-refractivity contribution in [2.75, 3.05) is 44.3 Å². The van der Waals surface area contributed by atoms with Crippen LogP contribution in [0.2, 0.25) is 10.0 Å². The van der Waals surface area contributed by atoms with Crippen LogP contribution in [0.15, 0.2) is 66.7 Å². The van der Waals surface area contributed by atoms with Crippen LogP contribution in [-0.4, -0.2) is 60.4 Å². The van der Waals surface area contributed by atoms with Crippen molar-refractivity contribution in [2.45, 2.75) is 12.1 Å². The second-order valence-corrected chi connectivity index (χ2v) is 9.55. The van der Waals surface area contributed by atoms with Gasteiger partial charge in [-0.15, -0.1) is 0 Å². The molecule has 3 aromatic carbocycles. The van der Waals surface area contributed by atoms with E-state index in [1.165, 1.54) is 0 Å². The van der Waals surface area contributed by atoms with E-state index in [1.807, 2.05) is 36.4 Å². The number of carbonyl (C=O) groups excluding carboxylic acids is 1. The predicted octanol–water partition coefficient (Wildman–Crippen LogP) is 4.06. The molecule has 2 atom stereocenters. The molecule has 1 aliphatic rings. The highest BCUT2D eigenvalue weighted by atomic mass is 35.5. The summed E-state index contributed by atoms with van der Waals surface area (Å²) in [6.07, 6.45) is -0.712. The Morgan fingerprint density at radius 2 is 1.78 bits per heavy atom. The number of nitrogens with two attached hydrogens (primary N) is 1. The van der Waals surface area contributed by atoms with E-state index in [9.17, 15) is 9.90 Å². The first-order chi connectivity index (χ1) is 17.4. The van der Waals surface area contributed by atoms with Gasteiger partial charge in [0.15, 0.2) is 0 Å². The summed E-state index contributed by atoms with van der Waals surface area (Å²) in [7, 11) is 0. The van der Waals surface area contributed by atoms with Gasteiger partial charge < -0.3 is 25.6 Å². The molecule has 1 amide bonds. The number of primary amides is 1. The molecule has 0 aromatic heterocycles. The Labute approximate surface area is 220 Å². The molecule has 1 heterocycles. The number of ether oxygens (including phenoxy) is 1. The van der Waals surface area contributed by atoms with Gasteiger partial charge in [-0.2, -0.15) is 0 Å². The van der Waals surface area contributed by atoms with E-state index in [2.05, 4.69) is 9.80 Å². The van der Waals surface area contributed by atoms with Crippen LogP contribution in [0.4, 0.5) is 5.69 Å². The minimum atomic E-state index is -0.712. The van der Waals surface area contributed by atoms with E-state index in [0.717, 1.165) is 23.4 Å². The fourth-order valence-electron chi connectivity index (χ4n) is 4.46. The van der Waals surface area contributed by atoms with Gasteiger partial charge in [0, 0.05) is 42.8 Å². The zero-order valence-corrected chi connectivity index (χ0v) is 21.2. The molecule has 0 bridgehead atoms. The first kappa shape index (κ1) is 26.3. The average Bonchev–Trinajstić information content (AvgIpc) is 2.88. The van der Waals surface area contributed by atoms with Gasteiger partial charge >= 0.3 is 0 Å².